The molecule has 134 valence electrons. The van der Waals surface area contributed by atoms with E-state index in [0.29, 0.717) is 5.69 Å². The average Bonchev–Trinajstić information content (AvgIpc) is 3.00. The van der Waals surface area contributed by atoms with Crippen molar-refractivity contribution in [2.24, 2.45) is 5.92 Å². The van der Waals surface area contributed by atoms with Gasteiger partial charge in [-0.05, 0) is 37.1 Å². The highest BCUT2D eigenvalue weighted by Crippen LogP contribution is 2.29. The van der Waals surface area contributed by atoms with Gasteiger partial charge in [-0.1, -0.05) is 18.2 Å². The van der Waals surface area contributed by atoms with E-state index in [0.717, 1.165) is 16.8 Å². The Morgan fingerprint density at radius 2 is 2.00 bits per heavy atom. The van der Waals surface area contributed by atoms with E-state index >= 15 is 0 Å². The minimum absolute atomic E-state index is 0.0827. The van der Waals surface area contributed by atoms with Crippen molar-refractivity contribution in [1.29, 1.82) is 0 Å². The Morgan fingerprint density at radius 1 is 1.23 bits per heavy atom. The van der Waals surface area contributed by atoms with Crippen molar-refractivity contribution in [3.8, 4) is 0 Å². The van der Waals surface area contributed by atoms with Crippen molar-refractivity contribution in [2.45, 2.75) is 20.3 Å². The molecule has 1 unspecified atom stereocenters. The molecule has 0 radical (unpaired) electrons. The Bertz CT molecular complexity index is 894. The summed E-state index contributed by atoms with van der Waals surface area (Å²) in [5.74, 6) is -0.937. The molecule has 1 N–H and O–H groups in total. The van der Waals surface area contributed by atoms with E-state index in [4.69, 9.17) is 0 Å². The molecule has 1 heterocycles. The highest BCUT2D eigenvalue weighted by molar-refractivity contribution is 6.03. The highest BCUT2D eigenvalue weighted by atomic mass is 16.6. The van der Waals surface area contributed by atoms with Crippen LogP contribution >= 0.6 is 0 Å². The first kappa shape index (κ1) is 17.6. The lowest BCUT2D eigenvalue weighted by Crippen LogP contribution is -2.28. The van der Waals surface area contributed by atoms with Gasteiger partial charge >= 0.3 is 0 Å². The first-order chi connectivity index (χ1) is 12.3. The molecule has 1 atom stereocenters. The minimum atomic E-state index is -0.505. The van der Waals surface area contributed by atoms with Crippen LogP contribution in [0.4, 0.5) is 17.1 Å². The average molecular weight is 353 g/mol. The van der Waals surface area contributed by atoms with Gasteiger partial charge in [-0.3, -0.25) is 19.7 Å². The number of carbonyl (C=O) groups is 2. The molecule has 1 saturated heterocycles. The molecule has 0 bridgehead atoms. The van der Waals surface area contributed by atoms with Crippen LogP contribution in [0.25, 0.3) is 0 Å². The number of nitrogens with zero attached hydrogens (tertiary/aromatic N) is 2. The van der Waals surface area contributed by atoms with Crippen molar-refractivity contribution in [2.75, 3.05) is 16.8 Å². The Morgan fingerprint density at radius 3 is 2.73 bits per heavy atom. The van der Waals surface area contributed by atoms with Crippen LogP contribution in [0.15, 0.2) is 42.5 Å². The number of non-ortho nitro benzene ring substituents is 1. The van der Waals surface area contributed by atoms with Crippen LogP contribution in [0.2, 0.25) is 0 Å². The first-order valence-electron chi connectivity index (χ1n) is 8.28. The van der Waals surface area contributed by atoms with Crippen molar-refractivity contribution >= 4 is 28.9 Å². The molecule has 0 spiro atoms. The fourth-order valence-corrected chi connectivity index (χ4v) is 3.01. The number of nitro groups is 1. The third kappa shape index (κ3) is 3.56. The van der Waals surface area contributed by atoms with Crippen LogP contribution in [0.5, 0.6) is 0 Å². The Hall–Kier alpha value is -3.22. The van der Waals surface area contributed by atoms with Gasteiger partial charge in [-0.15, -0.1) is 0 Å². The summed E-state index contributed by atoms with van der Waals surface area (Å²) in [6, 6.07) is 11.7. The molecular weight excluding hydrogens is 334 g/mol. The lowest BCUT2D eigenvalue weighted by atomic mass is 10.1. The SMILES string of the molecule is Cc1ccc(C)c(NC(=O)C2CC(=O)N(c3cccc([N+](=O)[O-])c3)C2)c1. The first-order valence-corrected chi connectivity index (χ1v) is 8.28. The molecule has 1 aliphatic heterocycles. The summed E-state index contributed by atoms with van der Waals surface area (Å²) >= 11 is 0. The van der Waals surface area contributed by atoms with E-state index in [-0.39, 0.29) is 30.5 Å². The topological polar surface area (TPSA) is 92.6 Å². The molecule has 26 heavy (non-hydrogen) atoms. The van der Waals surface area contributed by atoms with Crippen molar-refractivity contribution in [3.63, 3.8) is 0 Å². The highest BCUT2D eigenvalue weighted by Gasteiger charge is 2.35. The van der Waals surface area contributed by atoms with Crippen LogP contribution in [0.3, 0.4) is 0 Å². The van der Waals surface area contributed by atoms with Crippen molar-refractivity contribution < 1.29 is 14.5 Å². The number of carbonyl (C=O) groups excluding carboxylic acids is 2. The fourth-order valence-electron chi connectivity index (χ4n) is 3.01. The molecule has 0 aliphatic carbocycles. The van der Waals surface area contributed by atoms with E-state index in [9.17, 15) is 19.7 Å². The predicted molar refractivity (Wildman–Crippen MR) is 98.1 cm³/mol. The number of benzene rings is 2. The standard InChI is InChI=1S/C19H19N3O4/c1-12-6-7-13(2)17(8-12)20-19(24)14-9-18(23)21(11-14)15-4-3-5-16(10-15)22(25)26/h3-8,10,14H,9,11H2,1-2H3,(H,20,24). The number of hydrogen-bond acceptors (Lipinski definition) is 4. The molecule has 2 aromatic rings. The Balaban J connectivity index is 1.75. The molecule has 1 aliphatic rings. The summed E-state index contributed by atoms with van der Waals surface area (Å²) in [5, 5.41) is 13.8. The van der Waals surface area contributed by atoms with E-state index in [2.05, 4.69) is 5.32 Å². The zero-order valence-electron chi connectivity index (χ0n) is 14.6. The third-order valence-electron chi connectivity index (χ3n) is 4.50. The van der Waals surface area contributed by atoms with Crippen molar-refractivity contribution in [1.82, 2.24) is 0 Å². The predicted octanol–water partition coefficient (Wildman–Crippen LogP) is 3.20. The van der Waals surface area contributed by atoms with Crippen LogP contribution in [0, 0.1) is 29.9 Å². The van der Waals surface area contributed by atoms with Gasteiger partial charge in [-0.25, -0.2) is 0 Å². The van der Waals surface area contributed by atoms with Gasteiger partial charge in [-0.2, -0.15) is 0 Å². The molecule has 2 aromatic carbocycles. The van der Waals surface area contributed by atoms with Crippen LogP contribution in [-0.4, -0.2) is 23.3 Å². The quantitative estimate of drug-likeness (QED) is 0.675. The summed E-state index contributed by atoms with van der Waals surface area (Å²) < 4.78 is 0. The van der Waals surface area contributed by atoms with Gasteiger partial charge in [0.2, 0.25) is 11.8 Å². The number of hydrogen-bond donors (Lipinski definition) is 1. The number of anilines is 2. The number of amides is 2. The van der Waals surface area contributed by atoms with Crippen LogP contribution in [-0.2, 0) is 9.59 Å². The summed E-state index contributed by atoms with van der Waals surface area (Å²) in [5.41, 5.74) is 3.07. The number of rotatable bonds is 4. The molecule has 7 heteroatoms. The summed E-state index contributed by atoms with van der Waals surface area (Å²) in [6.45, 7) is 4.05. The molecule has 0 aromatic heterocycles. The van der Waals surface area contributed by atoms with Crippen molar-refractivity contribution in [3.05, 3.63) is 63.7 Å². The number of nitrogens with one attached hydrogen (secondary N) is 1. The van der Waals surface area contributed by atoms with Gasteiger partial charge in [0.15, 0.2) is 0 Å². The second kappa shape index (κ2) is 6.95. The maximum absolute atomic E-state index is 12.6. The second-order valence-electron chi connectivity index (χ2n) is 6.49. The molecule has 2 amide bonds. The van der Waals surface area contributed by atoms with Gasteiger partial charge < -0.3 is 10.2 Å². The molecular formula is C19H19N3O4. The second-order valence-corrected chi connectivity index (χ2v) is 6.49. The monoisotopic (exact) mass is 353 g/mol. The molecule has 3 rings (SSSR count). The lowest BCUT2D eigenvalue weighted by molar-refractivity contribution is -0.384. The maximum Gasteiger partial charge on any atom is 0.271 e. The minimum Gasteiger partial charge on any atom is -0.326 e. The smallest absolute Gasteiger partial charge is 0.271 e. The van der Waals surface area contributed by atoms with Crippen LogP contribution in [0.1, 0.15) is 17.5 Å². The summed E-state index contributed by atoms with van der Waals surface area (Å²) in [4.78, 5) is 36.7. The fraction of sp³-hybridized carbons (Fsp3) is 0.263. The van der Waals surface area contributed by atoms with Gasteiger partial charge in [0, 0.05) is 30.8 Å². The summed E-state index contributed by atoms with van der Waals surface area (Å²) in [6.07, 6.45) is 0.0827. The van der Waals surface area contributed by atoms with Gasteiger partial charge in [0.05, 0.1) is 16.5 Å². The normalized spacial score (nSPS) is 16.6. The van der Waals surface area contributed by atoms with Gasteiger partial charge in [0.25, 0.3) is 5.69 Å². The third-order valence-corrected chi connectivity index (χ3v) is 4.50. The Kier molecular flexibility index (Phi) is 4.71. The van der Waals surface area contributed by atoms with E-state index in [1.165, 1.54) is 23.1 Å². The van der Waals surface area contributed by atoms with E-state index in [1.54, 1.807) is 6.07 Å². The lowest BCUT2D eigenvalue weighted by Gasteiger charge is -2.17. The molecule has 1 fully saturated rings. The Labute approximate surface area is 150 Å². The number of nitro benzene ring substituents is 1. The van der Waals surface area contributed by atoms with Crippen LogP contribution < -0.4 is 10.2 Å². The number of aryl methyl sites for hydroxylation is 2. The summed E-state index contributed by atoms with van der Waals surface area (Å²) in [7, 11) is 0. The van der Waals surface area contributed by atoms with Gasteiger partial charge in [0.1, 0.15) is 0 Å². The largest absolute Gasteiger partial charge is 0.326 e. The van der Waals surface area contributed by atoms with E-state index < -0.39 is 10.8 Å². The molecule has 0 saturated carbocycles. The zero-order valence-corrected chi connectivity index (χ0v) is 14.6. The maximum atomic E-state index is 12.6. The zero-order chi connectivity index (χ0) is 18.8. The van der Waals surface area contributed by atoms with E-state index in [1.807, 2.05) is 32.0 Å². The molecule has 7 nitrogen and oxygen atoms in total.